The highest BCUT2D eigenvalue weighted by Crippen LogP contribution is 2.41. The first-order valence-electron chi connectivity index (χ1n) is 7.40. The van der Waals surface area contributed by atoms with Crippen molar-refractivity contribution >= 4 is 18.3 Å². The standard InChI is InChI=1S/C14H23N3O2S/c1-3-11-13(17(18)19)12(4-2)16(15-11)9-14(10-20)7-5-6-8-14/h20H,3-10H2,1-2H3. The maximum atomic E-state index is 11.3. The van der Waals surface area contributed by atoms with Gasteiger partial charge in [0.1, 0.15) is 11.4 Å². The first kappa shape index (κ1) is 15.4. The Hall–Kier alpha value is -1.04. The molecular weight excluding hydrogens is 274 g/mol. The summed E-state index contributed by atoms with van der Waals surface area (Å²) in [6, 6.07) is 0. The second-order valence-corrected chi connectivity index (χ2v) is 6.05. The van der Waals surface area contributed by atoms with E-state index >= 15 is 0 Å². The maximum absolute atomic E-state index is 11.3. The van der Waals surface area contributed by atoms with E-state index in [9.17, 15) is 10.1 Å². The molecular formula is C14H23N3O2S. The predicted molar refractivity (Wildman–Crippen MR) is 82.4 cm³/mol. The molecule has 20 heavy (non-hydrogen) atoms. The summed E-state index contributed by atoms with van der Waals surface area (Å²) in [5, 5.41) is 15.8. The molecule has 1 aromatic rings. The van der Waals surface area contributed by atoms with Crippen LogP contribution in [0.2, 0.25) is 0 Å². The van der Waals surface area contributed by atoms with E-state index in [1.165, 1.54) is 12.8 Å². The third kappa shape index (κ3) is 2.71. The van der Waals surface area contributed by atoms with E-state index in [4.69, 9.17) is 0 Å². The van der Waals surface area contributed by atoms with Crippen LogP contribution in [0.15, 0.2) is 0 Å². The summed E-state index contributed by atoms with van der Waals surface area (Å²) in [7, 11) is 0. The molecule has 1 aromatic heterocycles. The van der Waals surface area contributed by atoms with Crippen molar-refractivity contribution in [1.29, 1.82) is 0 Å². The molecule has 0 N–H and O–H groups in total. The molecule has 1 fully saturated rings. The molecule has 0 amide bonds. The number of hydrogen-bond donors (Lipinski definition) is 1. The Morgan fingerprint density at radius 1 is 1.35 bits per heavy atom. The molecule has 5 nitrogen and oxygen atoms in total. The quantitative estimate of drug-likeness (QED) is 0.497. The normalized spacial score (nSPS) is 17.6. The Bertz CT molecular complexity index is 493. The third-order valence-electron chi connectivity index (χ3n) is 4.44. The van der Waals surface area contributed by atoms with Crippen LogP contribution >= 0.6 is 12.6 Å². The van der Waals surface area contributed by atoms with Gasteiger partial charge in [0, 0.05) is 6.54 Å². The van der Waals surface area contributed by atoms with Gasteiger partial charge in [-0.15, -0.1) is 0 Å². The van der Waals surface area contributed by atoms with Gasteiger partial charge in [0.25, 0.3) is 0 Å². The van der Waals surface area contributed by atoms with Gasteiger partial charge >= 0.3 is 5.69 Å². The highest BCUT2D eigenvalue weighted by Gasteiger charge is 2.35. The van der Waals surface area contributed by atoms with Gasteiger partial charge in [0.05, 0.1) is 4.92 Å². The van der Waals surface area contributed by atoms with Gasteiger partial charge in [0.2, 0.25) is 0 Å². The van der Waals surface area contributed by atoms with E-state index in [0.717, 1.165) is 30.8 Å². The van der Waals surface area contributed by atoms with Crippen LogP contribution in [-0.2, 0) is 19.4 Å². The zero-order valence-electron chi connectivity index (χ0n) is 12.3. The van der Waals surface area contributed by atoms with Crippen molar-refractivity contribution in [2.24, 2.45) is 5.41 Å². The molecule has 6 heteroatoms. The Labute approximate surface area is 125 Å². The lowest BCUT2D eigenvalue weighted by molar-refractivity contribution is -0.386. The zero-order valence-corrected chi connectivity index (χ0v) is 13.2. The second kappa shape index (κ2) is 6.16. The van der Waals surface area contributed by atoms with E-state index < -0.39 is 0 Å². The minimum absolute atomic E-state index is 0.165. The van der Waals surface area contributed by atoms with Crippen molar-refractivity contribution in [2.75, 3.05) is 5.75 Å². The van der Waals surface area contributed by atoms with Gasteiger partial charge in [-0.2, -0.15) is 17.7 Å². The summed E-state index contributed by atoms with van der Waals surface area (Å²) in [6.07, 6.45) is 6.00. The Kier molecular flexibility index (Phi) is 4.73. The number of hydrogen-bond acceptors (Lipinski definition) is 4. The summed E-state index contributed by atoms with van der Waals surface area (Å²) in [5.41, 5.74) is 1.76. The van der Waals surface area contributed by atoms with Crippen LogP contribution in [0.5, 0.6) is 0 Å². The average molecular weight is 297 g/mol. The summed E-state index contributed by atoms with van der Waals surface area (Å²) < 4.78 is 1.89. The largest absolute Gasteiger partial charge is 0.313 e. The van der Waals surface area contributed by atoms with Crippen molar-refractivity contribution in [3.8, 4) is 0 Å². The van der Waals surface area contributed by atoms with Crippen LogP contribution in [0, 0.1) is 15.5 Å². The number of nitrogens with zero attached hydrogens (tertiary/aromatic N) is 3. The van der Waals surface area contributed by atoms with Crippen molar-refractivity contribution in [1.82, 2.24) is 9.78 Å². The lowest BCUT2D eigenvalue weighted by atomic mass is 9.88. The molecule has 0 atom stereocenters. The highest BCUT2D eigenvalue weighted by atomic mass is 32.1. The van der Waals surface area contributed by atoms with E-state index in [1.54, 1.807) is 0 Å². The first-order chi connectivity index (χ1) is 9.56. The van der Waals surface area contributed by atoms with Crippen LogP contribution < -0.4 is 0 Å². The van der Waals surface area contributed by atoms with Crippen molar-refractivity contribution < 1.29 is 4.92 Å². The van der Waals surface area contributed by atoms with Gasteiger partial charge in [0.15, 0.2) is 0 Å². The molecule has 1 saturated carbocycles. The Balaban J connectivity index is 2.38. The number of aryl methyl sites for hydroxylation is 1. The second-order valence-electron chi connectivity index (χ2n) is 5.73. The fourth-order valence-electron chi connectivity index (χ4n) is 3.28. The topological polar surface area (TPSA) is 61.0 Å². The van der Waals surface area contributed by atoms with E-state index in [2.05, 4.69) is 17.7 Å². The average Bonchev–Trinajstić information content (AvgIpc) is 3.03. The smallest absolute Gasteiger partial charge is 0.262 e. The molecule has 0 spiro atoms. The minimum Gasteiger partial charge on any atom is -0.262 e. The fourth-order valence-corrected chi connectivity index (χ4v) is 3.70. The SMILES string of the molecule is CCc1nn(CC2(CS)CCCC2)c(CC)c1[N+](=O)[O-]. The molecule has 112 valence electrons. The van der Waals surface area contributed by atoms with Crippen LogP contribution in [0.25, 0.3) is 0 Å². The Morgan fingerprint density at radius 2 is 2.00 bits per heavy atom. The van der Waals surface area contributed by atoms with E-state index in [0.29, 0.717) is 18.5 Å². The highest BCUT2D eigenvalue weighted by molar-refractivity contribution is 7.80. The fraction of sp³-hybridized carbons (Fsp3) is 0.786. The van der Waals surface area contributed by atoms with Crippen molar-refractivity contribution in [3.05, 3.63) is 21.5 Å². The minimum atomic E-state index is -0.275. The van der Waals surface area contributed by atoms with Gasteiger partial charge in [-0.3, -0.25) is 14.8 Å². The van der Waals surface area contributed by atoms with Crippen LogP contribution in [0.1, 0.15) is 50.9 Å². The lowest BCUT2D eigenvalue weighted by Crippen LogP contribution is -2.27. The van der Waals surface area contributed by atoms with Gasteiger partial charge < -0.3 is 0 Å². The van der Waals surface area contributed by atoms with Crippen LogP contribution in [-0.4, -0.2) is 20.5 Å². The first-order valence-corrected chi connectivity index (χ1v) is 8.04. The Morgan fingerprint density at radius 3 is 2.45 bits per heavy atom. The number of rotatable bonds is 6. The number of aromatic nitrogens is 2. The van der Waals surface area contributed by atoms with Crippen LogP contribution in [0.4, 0.5) is 5.69 Å². The summed E-state index contributed by atoms with van der Waals surface area (Å²) in [5.74, 6) is 0.825. The molecule has 0 aliphatic heterocycles. The number of nitro groups is 1. The van der Waals surface area contributed by atoms with E-state index in [-0.39, 0.29) is 16.0 Å². The molecule has 1 heterocycles. The maximum Gasteiger partial charge on any atom is 0.313 e. The zero-order chi connectivity index (χ0) is 14.8. The third-order valence-corrected chi connectivity index (χ3v) is 5.11. The monoisotopic (exact) mass is 297 g/mol. The lowest BCUT2D eigenvalue weighted by Gasteiger charge is -2.27. The summed E-state index contributed by atoms with van der Waals surface area (Å²) in [6.45, 7) is 4.64. The van der Waals surface area contributed by atoms with Gasteiger partial charge in [-0.1, -0.05) is 26.7 Å². The molecule has 1 aliphatic carbocycles. The predicted octanol–water partition coefficient (Wildman–Crippen LogP) is 3.41. The van der Waals surface area contributed by atoms with E-state index in [1.807, 2.05) is 18.5 Å². The number of thiol groups is 1. The van der Waals surface area contributed by atoms with Crippen molar-refractivity contribution in [2.45, 2.75) is 58.9 Å². The van der Waals surface area contributed by atoms with Gasteiger partial charge in [-0.25, -0.2) is 0 Å². The molecule has 0 bridgehead atoms. The molecule has 0 saturated heterocycles. The molecule has 1 aliphatic rings. The molecule has 2 rings (SSSR count). The summed E-state index contributed by atoms with van der Waals surface area (Å²) in [4.78, 5) is 11.0. The van der Waals surface area contributed by atoms with Gasteiger partial charge in [-0.05, 0) is 36.9 Å². The molecule has 0 aromatic carbocycles. The van der Waals surface area contributed by atoms with Crippen LogP contribution in [0.3, 0.4) is 0 Å². The summed E-state index contributed by atoms with van der Waals surface area (Å²) >= 11 is 4.52. The molecule has 0 radical (unpaired) electrons. The molecule has 0 unspecified atom stereocenters. The van der Waals surface area contributed by atoms with Crippen molar-refractivity contribution in [3.63, 3.8) is 0 Å².